The van der Waals surface area contributed by atoms with Gasteiger partial charge in [0.15, 0.2) is 0 Å². The zero-order valence-electron chi connectivity index (χ0n) is 5.29. The van der Waals surface area contributed by atoms with Crippen molar-refractivity contribution in [2.24, 2.45) is 0 Å². The fourth-order valence-corrected chi connectivity index (χ4v) is 0.633. The Hall–Kier alpha value is -1.02. The van der Waals surface area contributed by atoms with Crippen molar-refractivity contribution in [2.45, 2.75) is 0 Å². The van der Waals surface area contributed by atoms with Crippen LogP contribution in [0.4, 0.5) is 0 Å². The Labute approximate surface area is 64.2 Å². The molecule has 1 rings (SSSR count). The van der Waals surface area contributed by atoms with Gasteiger partial charge in [0.1, 0.15) is 0 Å². The third-order valence-electron chi connectivity index (χ3n) is 0.915. The summed E-state index contributed by atoms with van der Waals surface area (Å²) >= 11 is 5.69. The zero-order chi connectivity index (χ0) is 7.23. The Kier molecular flexibility index (Phi) is 2.77. The van der Waals surface area contributed by atoms with E-state index in [0.717, 1.165) is 0 Å². The molecule has 1 aromatic rings. The van der Waals surface area contributed by atoms with Crippen molar-refractivity contribution in [1.82, 2.24) is 9.97 Å². The highest BCUT2D eigenvalue weighted by molar-refractivity contribution is 6.30. The van der Waals surface area contributed by atoms with Crippen LogP contribution in [0, 0.1) is 0 Å². The zero-order valence-corrected chi connectivity index (χ0v) is 6.05. The largest absolute Gasteiger partial charge is 0.353 e. The number of aromatic nitrogens is 2. The van der Waals surface area contributed by atoms with Crippen molar-refractivity contribution in [3.8, 4) is 0 Å². The number of aromatic amines is 1. The summed E-state index contributed by atoms with van der Waals surface area (Å²) < 4.78 is 0. The van der Waals surface area contributed by atoms with Crippen LogP contribution in [0.2, 0.25) is 5.02 Å². The van der Waals surface area contributed by atoms with Gasteiger partial charge in [-0.15, -0.1) is 0 Å². The first-order chi connectivity index (χ1) is 4.89. The summed E-state index contributed by atoms with van der Waals surface area (Å²) in [5, 5.41) is 0.675. The summed E-state index contributed by atoms with van der Waals surface area (Å²) in [6, 6.07) is 5.29. The van der Waals surface area contributed by atoms with Crippen LogP contribution < -0.4 is 0 Å². The van der Waals surface area contributed by atoms with Gasteiger partial charge in [0.25, 0.3) is 0 Å². The standard InChI is InChI=1S/C7H7ClN2/c8-7-2-1-4-9-6-10-5-3-7/h1-6H,(H,9,10). The molecule has 52 valence electrons. The summed E-state index contributed by atoms with van der Waals surface area (Å²) in [6.45, 7) is 0. The van der Waals surface area contributed by atoms with Gasteiger partial charge in [0.2, 0.25) is 0 Å². The summed E-state index contributed by atoms with van der Waals surface area (Å²) in [4.78, 5) is 6.66. The average Bonchev–Trinajstić information content (AvgIpc) is 2.02. The van der Waals surface area contributed by atoms with Crippen LogP contribution in [0.25, 0.3) is 0 Å². The van der Waals surface area contributed by atoms with Gasteiger partial charge in [-0.3, -0.25) is 0 Å². The van der Waals surface area contributed by atoms with E-state index >= 15 is 0 Å². The fraction of sp³-hybridized carbons (Fsp3) is 0. The second-order valence-corrected chi connectivity index (χ2v) is 2.11. The molecular formula is C7H7ClN2. The van der Waals surface area contributed by atoms with Crippen LogP contribution >= 0.6 is 11.6 Å². The summed E-state index contributed by atoms with van der Waals surface area (Å²) in [5.74, 6) is 0. The number of hydrogen-bond donors (Lipinski definition) is 1. The lowest BCUT2D eigenvalue weighted by Gasteiger charge is -1.73. The quantitative estimate of drug-likeness (QED) is 0.610. The van der Waals surface area contributed by atoms with Gasteiger partial charge in [0, 0.05) is 17.4 Å². The maximum Gasteiger partial charge on any atom is 0.0918 e. The Morgan fingerprint density at radius 2 is 2.30 bits per heavy atom. The number of H-pyrrole nitrogens is 1. The van der Waals surface area contributed by atoms with Crippen molar-refractivity contribution in [2.75, 3.05) is 0 Å². The number of nitrogens with one attached hydrogen (secondary N) is 1. The maximum atomic E-state index is 5.69. The van der Waals surface area contributed by atoms with E-state index in [4.69, 9.17) is 11.6 Å². The predicted molar refractivity (Wildman–Crippen MR) is 41.2 cm³/mol. The second-order valence-electron chi connectivity index (χ2n) is 1.67. The Morgan fingerprint density at radius 3 is 3.20 bits per heavy atom. The molecule has 0 fully saturated rings. The van der Waals surface area contributed by atoms with Gasteiger partial charge >= 0.3 is 0 Å². The Morgan fingerprint density at radius 1 is 1.40 bits per heavy atom. The van der Waals surface area contributed by atoms with Crippen molar-refractivity contribution in [1.29, 1.82) is 0 Å². The molecule has 0 aromatic carbocycles. The predicted octanol–water partition coefficient (Wildman–Crippen LogP) is 2.19. The van der Waals surface area contributed by atoms with Crippen LogP contribution in [0.1, 0.15) is 0 Å². The first kappa shape index (κ1) is 7.09. The Balaban J connectivity index is 3.13. The summed E-state index contributed by atoms with van der Waals surface area (Å²) in [7, 11) is 0. The molecule has 0 aliphatic heterocycles. The van der Waals surface area contributed by atoms with Crippen molar-refractivity contribution < 1.29 is 0 Å². The highest BCUT2D eigenvalue weighted by atomic mass is 35.5. The normalized spacial score (nSPS) is 8.50. The lowest BCUT2D eigenvalue weighted by atomic mass is 10.5. The molecule has 0 radical (unpaired) electrons. The SMILES string of the molecule is Clc1cccnc[nH]cc1. The minimum absolute atomic E-state index is 0.675. The van der Waals surface area contributed by atoms with Gasteiger partial charge in [0.05, 0.1) is 6.33 Å². The van der Waals surface area contributed by atoms with E-state index in [1.807, 2.05) is 0 Å². The lowest BCUT2D eigenvalue weighted by molar-refractivity contribution is 1.21. The van der Waals surface area contributed by atoms with Crippen LogP contribution in [0.15, 0.2) is 36.9 Å². The number of halogens is 1. The monoisotopic (exact) mass is 154 g/mol. The van der Waals surface area contributed by atoms with E-state index in [-0.39, 0.29) is 0 Å². The van der Waals surface area contributed by atoms with Gasteiger partial charge < -0.3 is 4.98 Å². The maximum absolute atomic E-state index is 5.69. The topological polar surface area (TPSA) is 28.7 Å². The summed E-state index contributed by atoms with van der Waals surface area (Å²) in [6.07, 6.45) is 4.95. The molecule has 0 bridgehead atoms. The van der Waals surface area contributed by atoms with Crippen LogP contribution in [-0.4, -0.2) is 9.97 Å². The first-order valence-corrected chi connectivity index (χ1v) is 3.24. The molecule has 0 unspecified atom stereocenters. The van der Waals surface area contributed by atoms with E-state index in [1.165, 1.54) is 0 Å². The minimum atomic E-state index is 0.675. The first-order valence-electron chi connectivity index (χ1n) is 2.86. The smallest absolute Gasteiger partial charge is 0.0918 e. The fourth-order valence-electron chi connectivity index (χ4n) is 0.497. The summed E-state index contributed by atoms with van der Waals surface area (Å²) in [5.41, 5.74) is 0. The van der Waals surface area contributed by atoms with Crippen molar-refractivity contribution in [3.05, 3.63) is 41.9 Å². The molecule has 0 saturated heterocycles. The van der Waals surface area contributed by atoms with Gasteiger partial charge in [-0.2, -0.15) is 0 Å². The molecule has 0 spiro atoms. The third kappa shape index (κ3) is 2.51. The number of hydrogen-bond acceptors (Lipinski definition) is 1. The molecule has 3 heteroatoms. The molecule has 10 heavy (non-hydrogen) atoms. The average molecular weight is 155 g/mol. The van der Waals surface area contributed by atoms with E-state index < -0.39 is 0 Å². The van der Waals surface area contributed by atoms with Crippen molar-refractivity contribution >= 4 is 11.6 Å². The van der Waals surface area contributed by atoms with E-state index in [2.05, 4.69) is 9.97 Å². The highest BCUT2D eigenvalue weighted by Crippen LogP contribution is 2.00. The Bertz CT molecular complexity index is 219. The van der Waals surface area contributed by atoms with Gasteiger partial charge in [-0.1, -0.05) is 11.6 Å². The number of rotatable bonds is 0. The van der Waals surface area contributed by atoms with Crippen molar-refractivity contribution in [3.63, 3.8) is 0 Å². The van der Waals surface area contributed by atoms with Gasteiger partial charge in [-0.05, 0) is 18.2 Å². The molecule has 0 saturated carbocycles. The van der Waals surface area contributed by atoms with E-state index in [0.29, 0.717) is 5.02 Å². The molecule has 1 aromatic heterocycles. The molecular weight excluding hydrogens is 148 g/mol. The highest BCUT2D eigenvalue weighted by Gasteiger charge is 1.73. The molecule has 0 amide bonds. The van der Waals surface area contributed by atoms with Crippen LogP contribution in [0.3, 0.4) is 0 Å². The second kappa shape index (κ2) is 3.90. The van der Waals surface area contributed by atoms with E-state index in [9.17, 15) is 0 Å². The number of nitrogens with zero attached hydrogens (tertiary/aromatic N) is 1. The van der Waals surface area contributed by atoms with Gasteiger partial charge in [-0.25, -0.2) is 4.98 Å². The molecule has 1 N–H and O–H groups in total. The molecule has 2 nitrogen and oxygen atoms in total. The van der Waals surface area contributed by atoms with Crippen LogP contribution in [0.5, 0.6) is 0 Å². The molecule has 0 aliphatic rings. The van der Waals surface area contributed by atoms with E-state index in [1.54, 1.807) is 36.9 Å². The third-order valence-corrected chi connectivity index (χ3v) is 1.17. The van der Waals surface area contributed by atoms with Crippen LogP contribution in [-0.2, 0) is 0 Å². The minimum Gasteiger partial charge on any atom is -0.353 e. The molecule has 1 heterocycles. The lowest BCUT2D eigenvalue weighted by Crippen LogP contribution is -1.60. The molecule has 0 atom stereocenters. The molecule has 0 aliphatic carbocycles.